The van der Waals surface area contributed by atoms with Gasteiger partial charge in [0.25, 0.3) is 16.3 Å². The van der Waals surface area contributed by atoms with Crippen molar-refractivity contribution >= 4 is 82.8 Å². The van der Waals surface area contributed by atoms with Gasteiger partial charge in [-0.15, -0.1) is 19.7 Å². The van der Waals surface area contributed by atoms with Crippen molar-refractivity contribution in [2.45, 2.75) is 81.4 Å². The Morgan fingerprint density at radius 3 is 1.68 bits per heavy atom. The fourth-order valence-electron chi connectivity index (χ4n) is 3.22. The number of cyclic esters (lactones) is 2. The number of tetrazole rings is 1. The smallest absolute Gasteiger partial charge is 0.438 e. The highest BCUT2D eigenvalue weighted by Gasteiger charge is 2.27. The summed E-state index contributed by atoms with van der Waals surface area (Å²) < 4.78 is 54.4. The van der Waals surface area contributed by atoms with Crippen molar-refractivity contribution in [3.05, 3.63) is 99.1 Å². The van der Waals surface area contributed by atoms with Crippen LogP contribution in [0.2, 0.25) is 0 Å². The first-order valence-electron chi connectivity index (χ1n) is 18.8. The minimum atomic E-state index is -1.48. The van der Waals surface area contributed by atoms with Crippen LogP contribution < -0.4 is 27.0 Å². The molecule has 10 heterocycles. The van der Waals surface area contributed by atoms with E-state index in [1.54, 1.807) is 62.3 Å². The molecule has 7 aromatic heterocycles. The summed E-state index contributed by atoms with van der Waals surface area (Å²) in [4.78, 5) is 73.8. The molecule has 0 aromatic carbocycles. The van der Waals surface area contributed by atoms with E-state index < -0.39 is 41.3 Å². The minimum absolute atomic E-state index is 0.00926. The number of imide groups is 1. The van der Waals surface area contributed by atoms with E-state index in [1.807, 2.05) is 5.32 Å². The molecule has 71 heavy (non-hydrogen) atoms. The summed E-state index contributed by atoms with van der Waals surface area (Å²) in [6.45, 7) is 16.8. The monoisotopic (exact) mass is 1100 g/mol. The van der Waals surface area contributed by atoms with Gasteiger partial charge in [0.15, 0.2) is 23.9 Å². The number of aryl methyl sites for hydroxylation is 7. The summed E-state index contributed by atoms with van der Waals surface area (Å²) in [5.41, 5.74) is 2.79. The van der Waals surface area contributed by atoms with E-state index in [2.05, 4.69) is 136 Å². The summed E-state index contributed by atoms with van der Waals surface area (Å²) >= 11 is 9.62. The van der Waals surface area contributed by atoms with Gasteiger partial charge in [0.1, 0.15) is 41.0 Å². The number of aromatic amines is 6. The van der Waals surface area contributed by atoms with Gasteiger partial charge in [-0.1, -0.05) is 10.4 Å². The molecular formula is C32H44N18O16S5. The SMILES string of the molecule is CC1=NS(=O)ON1.CC1OC(=O)C=C1O.CC1OC(=O)NC1=O.Cc1n[nH]c(=S)o1.Cc1nc(=S)o[nH]1.Cc1ncc(O)o1.Cc1nn[nH]n1.Cc1noc(=O)[nH]1.Cc1ns[nH]c1=O.Cc1nsc(=O)[nH]1. The molecule has 0 spiro atoms. The van der Waals surface area contributed by atoms with Gasteiger partial charge in [-0.25, -0.2) is 39.3 Å². The number of nitrogens with zero attached hydrogens (tertiary/aromatic N) is 10. The van der Waals surface area contributed by atoms with Gasteiger partial charge in [0.05, 0.1) is 6.08 Å². The number of alkyl carbamates (subject to hydrolysis) is 1. The van der Waals surface area contributed by atoms with Crippen LogP contribution in [-0.4, -0.2) is 125 Å². The Morgan fingerprint density at radius 1 is 0.831 bits per heavy atom. The number of ether oxygens (including phenoxy) is 2. The number of rotatable bonds is 0. The van der Waals surface area contributed by atoms with E-state index in [1.165, 1.54) is 13.1 Å². The highest BCUT2D eigenvalue weighted by molar-refractivity contribution is 7.79. The number of hydrogen-bond acceptors (Lipinski definition) is 30. The molecule has 10 N–H and O–H groups in total. The number of aromatic nitrogens is 15. The van der Waals surface area contributed by atoms with Gasteiger partial charge in [-0.3, -0.25) is 38.6 Å². The first kappa shape index (κ1) is 61.0. The predicted molar refractivity (Wildman–Crippen MR) is 247 cm³/mol. The fraction of sp³-hybridized carbons (Fsp3) is 0.375. The molecule has 3 unspecified atom stereocenters. The van der Waals surface area contributed by atoms with Crippen LogP contribution in [0.3, 0.4) is 0 Å². The number of amides is 2. The number of hydrogen-bond donors (Lipinski definition) is 10. The number of aromatic hydroxyl groups is 1. The van der Waals surface area contributed by atoms with E-state index in [-0.39, 0.29) is 32.9 Å². The molecule has 7 aromatic rings. The number of oxazole rings is 1. The van der Waals surface area contributed by atoms with Crippen molar-refractivity contribution in [2.75, 3.05) is 0 Å². The molecule has 0 aliphatic carbocycles. The number of H-pyrrole nitrogens is 6. The maximum absolute atomic E-state index is 10.3. The van der Waals surface area contributed by atoms with Crippen molar-refractivity contribution < 1.29 is 60.4 Å². The molecule has 39 heteroatoms. The molecule has 3 atom stereocenters. The lowest BCUT2D eigenvalue weighted by Gasteiger charge is -1.99. The third kappa shape index (κ3) is 29.5. The predicted octanol–water partition coefficient (Wildman–Crippen LogP) is 1.76. The molecule has 388 valence electrons. The maximum Gasteiger partial charge on any atom is 0.438 e. The minimum Gasteiger partial charge on any atom is -0.508 e. The molecule has 0 saturated carbocycles. The second kappa shape index (κ2) is 32.7. The van der Waals surface area contributed by atoms with E-state index in [0.717, 1.165) is 29.3 Å². The number of aliphatic hydroxyl groups is 1. The average molecular weight is 1100 g/mol. The summed E-state index contributed by atoms with van der Waals surface area (Å²) in [5, 5.41) is 43.6. The molecule has 0 radical (unpaired) electrons. The quantitative estimate of drug-likeness (QED) is 0.0764. The highest BCUT2D eigenvalue weighted by Crippen LogP contribution is 2.10. The topological polar surface area (TPSA) is 487 Å². The zero-order chi connectivity index (χ0) is 53.6. The van der Waals surface area contributed by atoms with Crippen molar-refractivity contribution in [3.8, 4) is 5.95 Å². The standard InChI is InChI=1S/C5H6O3.C4H5NO3.C4H5NO2.C3H4N2O2.4C3H4N2OS.C2H4N4.C2H4N2O2S/c1-3-4(6)2-5(7)8-3;1-2-3(6)5-4(7)8-2;1-3-5-2-4(6)7-3;1-2-4-3(6)7-5-2;1-2-4-5-3(7)6-2;1-2-4-3(6)7-5-2;1-2-4-3(7)6-5-2;1-2-3(6)5-7-4-2;1-2-3-5-6-4-2;1-2-3-6-7(5)4-2/h2-3,6H,1H3;2H,1H3,(H,5,6,7);2,6H,1H3;1H3,(H,4,5,6);1H3,(H,5,7);1H3,(H,4,5,6);1H3,(H,4,5,7);1H3,(H,5,6);1H3,(H,3,4,5,6);1H3,(H,3,4). The van der Waals surface area contributed by atoms with E-state index in [9.17, 15) is 33.0 Å². The van der Waals surface area contributed by atoms with Crippen LogP contribution in [-0.2, 0) is 34.6 Å². The summed E-state index contributed by atoms with van der Waals surface area (Å²) in [6.07, 6.45) is 0.632. The number of esters is 1. The Kier molecular flexibility index (Phi) is 28.1. The average Bonchev–Trinajstić information content (AvgIpc) is 4.16. The number of hydroxylamine groups is 1. The van der Waals surface area contributed by atoms with Crippen LogP contribution >= 0.6 is 47.7 Å². The largest absolute Gasteiger partial charge is 0.508 e. The van der Waals surface area contributed by atoms with E-state index >= 15 is 0 Å². The number of aliphatic hydroxyl groups excluding tert-OH is 1. The van der Waals surface area contributed by atoms with Gasteiger partial charge in [0.2, 0.25) is 5.89 Å². The lowest BCUT2D eigenvalue weighted by Crippen LogP contribution is -2.22. The van der Waals surface area contributed by atoms with Crippen LogP contribution in [0, 0.1) is 58.1 Å². The van der Waals surface area contributed by atoms with E-state index in [0.29, 0.717) is 51.4 Å². The van der Waals surface area contributed by atoms with Crippen LogP contribution in [0.15, 0.2) is 54.7 Å². The third-order valence-electron chi connectivity index (χ3n) is 6.22. The first-order chi connectivity index (χ1) is 33.3. The van der Waals surface area contributed by atoms with Gasteiger partial charge in [0, 0.05) is 37.1 Å². The van der Waals surface area contributed by atoms with Gasteiger partial charge in [-0.05, 0) is 79.8 Å². The van der Waals surface area contributed by atoms with Gasteiger partial charge in [-0.2, -0.15) is 23.2 Å². The highest BCUT2D eigenvalue weighted by atomic mass is 32.2. The Balaban J connectivity index is 0.000000395. The number of carbonyl (C=O) groups is 3. The molecular weight excluding hydrogens is 1050 g/mol. The second-order valence-corrected chi connectivity index (χ2v) is 15.1. The molecule has 3 aliphatic heterocycles. The Labute approximate surface area is 417 Å². The van der Waals surface area contributed by atoms with E-state index in [4.69, 9.17) is 14.6 Å². The zero-order valence-electron chi connectivity index (χ0n) is 38.4. The van der Waals surface area contributed by atoms with Crippen molar-refractivity contribution in [1.82, 2.24) is 85.0 Å². The van der Waals surface area contributed by atoms with Crippen molar-refractivity contribution in [3.63, 3.8) is 0 Å². The molecule has 34 nitrogen and oxygen atoms in total. The normalized spacial score (nSPS) is 15.3. The summed E-state index contributed by atoms with van der Waals surface area (Å²) in [5.74, 6) is 2.75. The zero-order valence-corrected chi connectivity index (χ0v) is 42.5. The van der Waals surface area contributed by atoms with Crippen LogP contribution in [0.25, 0.3) is 0 Å². The van der Waals surface area contributed by atoms with Gasteiger partial charge >= 0.3 is 44.7 Å². The van der Waals surface area contributed by atoms with Crippen LogP contribution in [0.1, 0.15) is 61.5 Å². The third-order valence-corrected chi connectivity index (χ3v) is 8.50. The lowest BCUT2D eigenvalue weighted by atomic mass is 10.3. The van der Waals surface area contributed by atoms with Crippen LogP contribution in [0.5, 0.6) is 5.95 Å². The number of carbonyl (C=O) groups excluding carboxylic acids is 3. The molecule has 0 bridgehead atoms. The Morgan fingerprint density at radius 2 is 1.54 bits per heavy atom. The van der Waals surface area contributed by atoms with Crippen molar-refractivity contribution in [2.24, 2.45) is 4.40 Å². The van der Waals surface area contributed by atoms with Gasteiger partial charge < -0.3 is 33.0 Å². The fourth-order valence-corrected chi connectivity index (χ4v) is 5.01. The second-order valence-electron chi connectivity index (χ2n) is 12.3. The molecule has 2 amide bonds. The number of amidine groups is 1. The summed E-state index contributed by atoms with van der Waals surface area (Å²) in [7, 11) is 0. The summed E-state index contributed by atoms with van der Waals surface area (Å²) in [6, 6.07) is 0. The maximum atomic E-state index is 10.3. The molecule has 1 fully saturated rings. The van der Waals surface area contributed by atoms with Crippen molar-refractivity contribution in [1.29, 1.82) is 0 Å². The number of nitrogens with one attached hydrogen (secondary N) is 8. The molecule has 1 saturated heterocycles. The Hall–Kier alpha value is -8.01. The first-order valence-corrected chi connectivity index (χ1v) is 22.2. The Bertz CT molecular complexity index is 2840. The molecule has 10 rings (SSSR count). The molecule has 3 aliphatic rings. The lowest BCUT2D eigenvalue weighted by molar-refractivity contribution is -0.138. The van der Waals surface area contributed by atoms with Crippen LogP contribution in [0.4, 0.5) is 4.79 Å².